The van der Waals surface area contributed by atoms with E-state index in [9.17, 15) is 4.79 Å². The van der Waals surface area contributed by atoms with Crippen LogP contribution in [0.1, 0.15) is 5.56 Å². The molecule has 0 aliphatic carbocycles. The molecule has 0 aliphatic rings. The zero-order valence-corrected chi connectivity index (χ0v) is 14.8. The van der Waals surface area contributed by atoms with E-state index < -0.39 is 0 Å². The summed E-state index contributed by atoms with van der Waals surface area (Å²) < 4.78 is 1.46. The number of rotatable bonds is 2. The highest BCUT2D eigenvalue weighted by atomic mass is 35.5. The average molecular weight is 370 g/mol. The molecule has 2 aromatic heterocycles. The molecule has 4 nitrogen and oxygen atoms in total. The second kappa shape index (κ2) is 6.06. The average Bonchev–Trinajstić information content (AvgIpc) is 2.99. The van der Waals surface area contributed by atoms with Crippen molar-refractivity contribution >= 4 is 28.8 Å². The Morgan fingerprint density at radius 1 is 1.04 bits per heavy atom. The predicted octanol–water partition coefficient (Wildman–Crippen LogP) is 4.97. The highest BCUT2D eigenvalue weighted by molar-refractivity contribution is 6.33. The van der Waals surface area contributed by atoms with Gasteiger partial charge in [-0.2, -0.15) is 0 Å². The van der Waals surface area contributed by atoms with Crippen LogP contribution in [0.3, 0.4) is 0 Å². The van der Waals surface area contributed by atoms with Gasteiger partial charge >= 0.3 is 0 Å². The van der Waals surface area contributed by atoms with E-state index >= 15 is 0 Å². The van der Waals surface area contributed by atoms with Gasteiger partial charge in [-0.15, -0.1) is 0 Å². The highest BCUT2D eigenvalue weighted by Crippen LogP contribution is 2.37. The molecule has 0 aliphatic heterocycles. The van der Waals surface area contributed by atoms with E-state index in [0.717, 1.165) is 22.4 Å². The van der Waals surface area contributed by atoms with Gasteiger partial charge in [0.1, 0.15) is 0 Å². The van der Waals surface area contributed by atoms with Crippen LogP contribution in [0, 0.1) is 6.92 Å². The summed E-state index contributed by atoms with van der Waals surface area (Å²) in [6, 6.07) is 14.9. The van der Waals surface area contributed by atoms with E-state index in [2.05, 4.69) is 10.1 Å². The summed E-state index contributed by atoms with van der Waals surface area (Å²) in [4.78, 5) is 17.0. The molecule has 0 atom stereocenters. The molecule has 1 N–H and O–H groups in total. The zero-order chi connectivity index (χ0) is 17.6. The fourth-order valence-corrected chi connectivity index (χ4v) is 3.21. The second-order valence-electron chi connectivity index (χ2n) is 5.75. The van der Waals surface area contributed by atoms with E-state index in [1.54, 1.807) is 13.1 Å². The highest BCUT2D eigenvalue weighted by Gasteiger charge is 2.19. The zero-order valence-electron chi connectivity index (χ0n) is 13.3. The maximum absolute atomic E-state index is 12.5. The first-order chi connectivity index (χ1) is 12.1. The van der Waals surface area contributed by atoms with Gasteiger partial charge in [0.15, 0.2) is 5.65 Å². The Kier molecular flexibility index (Phi) is 3.86. The van der Waals surface area contributed by atoms with Crippen molar-refractivity contribution < 1.29 is 0 Å². The quantitative estimate of drug-likeness (QED) is 0.542. The Bertz CT molecular complexity index is 1140. The van der Waals surface area contributed by atoms with Crippen LogP contribution in [0.2, 0.25) is 10.0 Å². The first-order valence-electron chi connectivity index (χ1n) is 7.67. The lowest BCUT2D eigenvalue weighted by atomic mass is 10.0. The maximum Gasteiger partial charge on any atom is 0.275 e. The maximum atomic E-state index is 12.5. The van der Waals surface area contributed by atoms with Gasteiger partial charge in [-0.25, -0.2) is 9.50 Å². The third-order valence-corrected chi connectivity index (χ3v) is 4.69. The van der Waals surface area contributed by atoms with Gasteiger partial charge in [-0.3, -0.25) is 9.89 Å². The monoisotopic (exact) mass is 369 g/mol. The van der Waals surface area contributed by atoms with Gasteiger partial charge in [0.05, 0.1) is 11.3 Å². The Balaban J connectivity index is 2.13. The van der Waals surface area contributed by atoms with E-state index in [-0.39, 0.29) is 5.56 Å². The molecule has 0 saturated carbocycles. The first kappa shape index (κ1) is 15.9. The molecule has 0 amide bonds. The second-order valence-corrected chi connectivity index (χ2v) is 6.60. The molecule has 0 fully saturated rings. The molecule has 0 spiro atoms. The number of H-pyrrole nitrogens is 1. The first-order valence-corrected chi connectivity index (χ1v) is 8.43. The van der Waals surface area contributed by atoms with Gasteiger partial charge in [0.2, 0.25) is 0 Å². The van der Waals surface area contributed by atoms with E-state index in [0.29, 0.717) is 21.3 Å². The van der Waals surface area contributed by atoms with E-state index in [4.69, 9.17) is 23.2 Å². The van der Waals surface area contributed by atoms with Gasteiger partial charge in [-0.05, 0) is 30.7 Å². The minimum atomic E-state index is -0.140. The third kappa shape index (κ3) is 2.64. The van der Waals surface area contributed by atoms with Crippen molar-refractivity contribution in [3.8, 4) is 22.4 Å². The summed E-state index contributed by atoms with van der Waals surface area (Å²) in [6.45, 7) is 1.74. The lowest BCUT2D eigenvalue weighted by molar-refractivity contribution is 0.888. The van der Waals surface area contributed by atoms with Crippen molar-refractivity contribution in [2.75, 3.05) is 0 Å². The number of nitrogens with one attached hydrogen (secondary N) is 1. The van der Waals surface area contributed by atoms with E-state index in [1.165, 1.54) is 4.52 Å². The number of nitrogens with zero attached hydrogens (tertiary/aromatic N) is 2. The standard InChI is InChI=1S/C19H13Cl2N3O/c1-11-10-22-18-16(12-6-8-13(20)9-7-12)17(23-24(18)19(11)25)14-4-2-3-5-15(14)21/h2-10,23H,1H3. The number of aromatic amines is 1. The Morgan fingerprint density at radius 2 is 1.76 bits per heavy atom. The van der Waals surface area contributed by atoms with Gasteiger partial charge in [0.25, 0.3) is 5.56 Å². The van der Waals surface area contributed by atoms with Crippen LogP contribution in [-0.2, 0) is 0 Å². The minimum absolute atomic E-state index is 0.140. The fraction of sp³-hybridized carbons (Fsp3) is 0.0526. The van der Waals surface area contributed by atoms with Crippen LogP contribution in [0.5, 0.6) is 0 Å². The molecule has 2 aromatic carbocycles. The summed E-state index contributed by atoms with van der Waals surface area (Å²) in [5, 5.41) is 4.40. The van der Waals surface area contributed by atoms with Crippen LogP contribution in [0.25, 0.3) is 28.0 Å². The molecule has 4 rings (SSSR count). The van der Waals surface area contributed by atoms with Crippen molar-refractivity contribution in [1.82, 2.24) is 14.6 Å². The van der Waals surface area contributed by atoms with Crippen LogP contribution < -0.4 is 5.56 Å². The topological polar surface area (TPSA) is 50.2 Å². The molecule has 0 unspecified atom stereocenters. The lowest BCUT2D eigenvalue weighted by Crippen LogP contribution is -2.17. The summed E-state index contributed by atoms with van der Waals surface area (Å²) in [6.07, 6.45) is 1.58. The van der Waals surface area contributed by atoms with Crippen LogP contribution in [-0.4, -0.2) is 14.6 Å². The molecule has 0 saturated heterocycles. The van der Waals surface area contributed by atoms with Gasteiger partial charge in [-0.1, -0.05) is 53.5 Å². The van der Waals surface area contributed by atoms with Crippen LogP contribution in [0.15, 0.2) is 59.5 Å². The summed E-state index contributed by atoms with van der Waals surface area (Å²) >= 11 is 12.4. The molecular weight excluding hydrogens is 357 g/mol. The third-order valence-electron chi connectivity index (χ3n) is 4.11. The number of aryl methyl sites for hydroxylation is 1. The molecule has 6 heteroatoms. The van der Waals surface area contributed by atoms with Crippen molar-refractivity contribution in [2.45, 2.75) is 6.92 Å². The molecule has 2 heterocycles. The minimum Gasteiger partial charge on any atom is -0.288 e. The Labute approximate surface area is 153 Å². The van der Waals surface area contributed by atoms with Crippen LogP contribution in [0.4, 0.5) is 0 Å². The Morgan fingerprint density at radius 3 is 2.48 bits per heavy atom. The van der Waals surface area contributed by atoms with Crippen molar-refractivity contribution in [3.63, 3.8) is 0 Å². The molecular formula is C19H13Cl2N3O. The smallest absolute Gasteiger partial charge is 0.275 e. The molecule has 124 valence electrons. The largest absolute Gasteiger partial charge is 0.288 e. The molecule has 0 bridgehead atoms. The number of hydrogen-bond acceptors (Lipinski definition) is 2. The number of aromatic nitrogens is 3. The predicted molar refractivity (Wildman–Crippen MR) is 101 cm³/mol. The number of benzene rings is 2. The molecule has 25 heavy (non-hydrogen) atoms. The van der Waals surface area contributed by atoms with E-state index in [1.807, 2.05) is 48.5 Å². The SMILES string of the molecule is Cc1cnc2c(-c3ccc(Cl)cc3)c(-c3ccccc3Cl)[nH]n2c1=O. The number of hydrogen-bond donors (Lipinski definition) is 1. The number of fused-ring (bicyclic) bond motifs is 1. The van der Waals surface area contributed by atoms with Crippen molar-refractivity contribution in [1.29, 1.82) is 0 Å². The van der Waals surface area contributed by atoms with Crippen LogP contribution >= 0.6 is 23.2 Å². The van der Waals surface area contributed by atoms with Gasteiger partial charge in [0, 0.05) is 27.4 Å². The molecule has 0 radical (unpaired) electrons. The normalized spacial score (nSPS) is 11.2. The van der Waals surface area contributed by atoms with Crippen molar-refractivity contribution in [2.24, 2.45) is 0 Å². The summed E-state index contributed by atoms with van der Waals surface area (Å²) in [5.74, 6) is 0. The fourth-order valence-electron chi connectivity index (χ4n) is 2.85. The van der Waals surface area contributed by atoms with Crippen molar-refractivity contribution in [3.05, 3.63) is 80.7 Å². The summed E-state index contributed by atoms with van der Waals surface area (Å²) in [5.41, 5.74) is 4.22. The molecule has 4 aromatic rings. The lowest BCUT2D eigenvalue weighted by Gasteiger charge is -2.06. The van der Waals surface area contributed by atoms with Gasteiger partial charge < -0.3 is 0 Å². The number of halogens is 2. The Hall–Kier alpha value is -2.56. The summed E-state index contributed by atoms with van der Waals surface area (Å²) in [7, 11) is 0.